The van der Waals surface area contributed by atoms with Crippen molar-refractivity contribution in [2.75, 3.05) is 6.61 Å². The minimum absolute atomic E-state index is 0. The Balaban J connectivity index is 0.000000540. The third-order valence-corrected chi connectivity index (χ3v) is 4.75. The van der Waals surface area contributed by atoms with Crippen LogP contribution in [0, 0.1) is 74.2 Å². The van der Waals surface area contributed by atoms with Gasteiger partial charge in [-0.15, -0.1) is 18.1 Å². The van der Waals surface area contributed by atoms with Gasteiger partial charge in [-0.3, -0.25) is 0 Å². The van der Waals surface area contributed by atoms with Gasteiger partial charge in [-0.05, 0) is 40.8 Å². The molecule has 1 unspecified atom stereocenters. The summed E-state index contributed by atoms with van der Waals surface area (Å²) in [5, 5.41) is 0. The summed E-state index contributed by atoms with van der Waals surface area (Å²) in [6.07, 6.45) is 0. The van der Waals surface area contributed by atoms with Gasteiger partial charge in [0.15, 0.2) is 0 Å². The first-order valence-corrected chi connectivity index (χ1v) is 9.49. The van der Waals surface area contributed by atoms with Crippen LogP contribution in [0.2, 0.25) is 0 Å². The van der Waals surface area contributed by atoms with Crippen molar-refractivity contribution in [1.29, 1.82) is 0 Å². The first-order chi connectivity index (χ1) is 11.1. The van der Waals surface area contributed by atoms with E-state index in [2.05, 4.69) is 56.4 Å². The smallest absolute Gasteiger partial charge is 0.495 e. The van der Waals surface area contributed by atoms with E-state index in [1.54, 1.807) is 12.1 Å². The Morgan fingerprint density at radius 2 is 1.72 bits per heavy atom. The molecule has 25 heavy (non-hydrogen) atoms. The van der Waals surface area contributed by atoms with Crippen LogP contribution in [0.3, 0.4) is 0 Å². The summed E-state index contributed by atoms with van der Waals surface area (Å²) in [6, 6.07) is 11.7. The molecule has 0 bridgehead atoms. The van der Waals surface area contributed by atoms with Crippen molar-refractivity contribution in [3.8, 4) is 5.75 Å². The van der Waals surface area contributed by atoms with Crippen LogP contribution in [0.1, 0.15) is 20.8 Å². The quantitative estimate of drug-likeness (QED) is 0.254. The van der Waals surface area contributed by atoms with Crippen LogP contribution >= 0.6 is 45.2 Å². The van der Waals surface area contributed by atoms with E-state index in [-0.39, 0.29) is 54.1 Å². The molecule has 0 amide bonds. The Kier molecular flexibility index (Phi) is 12.4. The molecule has 134 valence electrons. The van der Waals surface area contributed by atoms with Crippen LogP contribution in [0.4, 0.5) is 8.78 Å². The Hall–Kier alpha value is 0.612. The number of benzene rings is 2. The third kappa shape index (κ3) is 10.5. The molecule has 0 aliphatic heterocycles. The van der Waals surface area contributed by atoms with Gasteiger partial charge in [0.05, 0.1) is 10.2 Å². The van der Waals surface area contributed by atoms with Crippen LogP contribution in [0.25, 0.3) is 0 Å². The summed E-state index contributed by atoms with van der Waals surface area (Å²) in [5.41, 5.74) is 0.117. The van der Waals surface area contributed by atoms with Crippen molar-refractivity contribution in [3.05, 3.63) is 68.2 Å². The van der Waals surface area contributed by atoms with Gasteiger partial charge in [-0.2, -0.15) is 12.1 Å². The molecule has 0 aliphatic rings. The number of hydrogen-bond acceptors (Lipinski definition) is 1. The number of rotatable bonds is 3. The molecule has 0 saturated heterocycles. The molecular formula is C19H20F2I2OU. The van der Waals surface area contributed by atoms with Gasteiger partial charge in [-0.1, -0.05) is 52.3 Å². The molecule has 1 atom stereocenters. The molecule has 0 fully saturated rings. The maximum Gasteiger partial charge on any atom is 2.00 e. The minimum atomic E-state index is -0.237. The predicted molar refractivity (Wildman–Crippen MR) is 111 cm³/mol. The minimum Gasteiger partial charge on any atom is -0.495 e. The van der Waals surface area contributed by atoms with E-state index in [1.807, 2.05) is 22.6 Å². The van der Waals surface area contributed by atoms with Gasteiger partial charge in [0.1, 0.15) is 11.6 Å². The van der Waals surface area contributed by atoms with Crippen molar-refractivity contribution in [2.24, 2.45) is 11.3 Å². The van der Waals surface area contributed by atoms with E-state index in [0.29, 0.717) is 6.61 Å². The molecule has 0 spiro atoms. The van der Waals surface area contributed by atoms with Crippen LogP contribution < -0.4 is 4.74 Å². The van der Waals surface area contributed by atoms with Crippen LogP contribution in [0.15, 0.2) is 36.4 Å². The van der Waals surface area contributed by atoms with Crippen LogP contribution in [-0.4, -0.2) is 6.61 Å². The SMILES string of the molecule is Fc1cc[c-]c(I)c1.[CH2-]C(COc1ccc(F)cc1I)C(C)(C)C.[U+2]. The van der Waals surface area contributed by atoms with E-state index in [9.17, 15) is 8.78 Å². The maximum atomic E-state index is 12.9. The third-order valence-electron chi connectivity index (χ3n) is 3.29. The summed E-state index contributed by atoms with van der Waals surface area (Å²) < 4.78 is 32.2. The fraction of sp³-hybridized carbons (Fsp3) is 0.316. The van der Waals surface area contributed by atoms with Gasteiger partial charge in [0.25, 0.3) is 0 Å². The van der Waals surface area contributed by atoms with Crippen molar-refractivity contribution < 1.29 is 44.6 Å². The van der Waals surface area contributed by atoms with Crippen LogP contribution in [0.5, 0.6) is 5.75 Å². The van der Waals surface area contributed by atoms with Gasteiger partial charge in [0.2, 0.25) is 0 Å². The zero-order valence-corrected chi connectivity index (χ0v) is 22.9. The predicted octanol–water partition coefficient (Wildman–Crippen LogP) is 6.54. The van der Waals surface area contributed by atoms with E-state index in [0.717, 1.165) is 12.9 Å². The number of hydrogen-bond donors (Lipinski definition) is 0. The molecule has 0 aromatic heterocycles. The largest absolute Gasteiger partial charge is 2.00 e. The van der Waals surface area contributed by atoms with Gasteiger partial charge in [0, 0.05) is 5.82 Å². The first-order valence-electron chi connectivity index (χ1n) is 7.33. The summed E-state index contributed by atoms with van der Waals surface area (Å²) in [5.74, 6) is 0.486. The van der Waals surface area contributed by atoms with Gasteiger partial charge in [-0.25, -0.2) is 8.78 Å². The zero-order valence-electron chi connectivity index (χ0n) is 14.4. The number of ether oxygens (including phenoxy) is 1. The molecule has 2 rings (SSSR count). The summed E-state index contributed by atoms with van der Waals surface area (Å²) in [4.78, 5) is 0. The monoisotopic (exact) mass is 794 g/mol. The molecule has 0 N–H and O–H groups in total. The maximum absolute atomic E-state index is 12.9. The zero-order chi connectivity index (χ0) is 18.3. The average molecular weight is 794 g/mol. The first kappa shape index (κ1) is 25.6. The second kappa shape index (κ2) is 12.1. The summed E-state index contributed by atoms with van der Waals surface area (Å²) in [6.45, 7) is 11.0. The van der Waals surface area contributed by atoms with Crippen molar-refractivity contribution >= 4 is 45.2 Å². The van der Waals surface area contributed by atoms with E-state index in [4.69, 9.17) is 4.74 Å². The van der Waals surface area contributed by atoms with E-state index in [1.165, 1.54) is 24.3 Å². The Labute approximate surface area is 200 Å². The Bertz CT molecular complexity index is 643. The molecule has 2 aromatic carbocycles. The molecular weight excluding hydrogens is 774 g/mol. The fourth-order valence-corrected chi connectivity index (χ4v) is 2.55. The molecule has 2 aromatic rings. The summed E-state index contributed by atoms with van der Waals surface area (Å²) in [7, 11) is 0. The van der Waals surface area contributed by atoms with Gasteiger partial charge < -0.3 is 11.7 Å². The molecule has 6 heteroatoms. The Morgan fingerprint density at radius 1 is 1.12 bits per heavy atom. The molecule has 0 radical (unpaired) electrons. The Morgan fingerprint density at radius 3 is 2.16 bits per heavy atom. The second-order valence-electron chi connectivity index (χ2n) is 6.30. The molecule has 1 nitrogen and oxygen atoms in total. The second-order valence-corrected chi connectivity index (χ2v) is 8.63. The molecule has 0 heterocycles. The van der Waals surface area contributed by atoms with E-state index >= 15 is 0 Å². The van der Waals surface area contributed by atoms with Gasteiger partial charge >= 0.3 is 31.1 Å². The van der Waals surface area contributed by atoms with E-state index < -0.39 is 0 Å². The van der Waals surface area contributed by atoms with Crippen LogP contribution in [-0.2, 0) is 0 Å². The topological polar surface area (TPSA) is 9.23 Å². The summed E-state index contributed by atoms with van der Waals surface area (Å²) >= 11 is 4.08. The molecule has 0 aliphatic carbocycles. The standard InChI is InChI=1S/C13H17FIO.C6H3FI.U/c1-9(13(2,3)4)8-16-12-6-5-10(14)7-11(12)15;7-5-2-1-3-6(8)4-5;/h5-7,9H,1,8H2,2-4H3;1-2,4H;/q2*-1;+2. The fourth-order valence-electron chi connectivity index (χ4n) is 1.44. The van der Waals surface area contributed by atoms with Crippen molar-refractivity contribution in [2.45, 2.75) is 20.8 Å². The van der Waals surface area contributed by atoms with Crippen molar-refractivity contribution in [3.63, 3.8) is 0 Å². The average Bonchev–Trinajstić information content (AvgIpc) is 2.45. The number of halogens is 4. The van der Waals surface area contributed by atoms with Crippen molar-refractivity contribution in [1.82, 2.24) is 0 Å². The molecule has 0 saturated carbocycles. The normalized spacial score (nSPS) is 11.7.